The normalized spacial score (nSPS) is 14.7. The number of esters is 1. The molecule has 156 valence electrons. The molecule has 0 aliphatic carbocycles. The summed E-state index contributed by atoms with van der Waals surface area (Å²) in [4.78, 5) is 23.2. The first-order valence-corrected chi connectivity index (χ1v) is 10.1. The average Bonchev–Trinajstić information content (AvgIpc) is 3.16. The lowest BCUT2D eigenvalue weighted by molar-refractivity contribution is -0.148. The van der Waals surface area contributed by atoms with Gasteiger partial charge in [-0.2, -0.15) is 5.10 Å². The maximum atomic E-state index is 13.6. The van der Waals surface area contributed by atoms with Crippen LogP contribution in [0.15, 0.2) is 42.7 Å². The zero-order valence-electron chi connectivity index (χ0n) is 17.1. The molecule has 0 radical (unpaired) electrons. The Balaban J connectivity index is 1.53. The van der Waals surface area contributed by atoms with Crippen molar-refractivity contribution in [3.8, 4) is 16.9 Å². The molecule has 0 spiro atoms. The lowest BCUT2D eigenvalue weighted by Gasteiger charge is -2.30. The first-order valence-electron chi connectivity index (χ1n) is 10.1. The van der Waals surface area contributed by atoms with Gasteiger partial charge in [-0.15, -0.1) is 0 Å². The summed E-state index contributed by atoms with van der Waals surface area (Å²) >= 11 is 0. The molecule has 3 aromatic rings. The van der Waals surface area contributed by atoms with Crippen LogP contribution in [0, 0.1) is 18.7 Å². The van der Waals surface area contributed by atoms with E-state index in [9.17, 15) is 9.18 Å². The number of aromatic nitrogens is 4. The van der Waals surface area contributed by atoms with E-state index in [-0.39, 0.29) is 17.7 Å². The van der Waals surface area contributed by atoms with Gasteiger partial charge in [0.25, 0.3) is 0 Å². The predicted octanol–water partition coefficient (Wildman–Crippen LogP) is 3.56. The summed E-state index contributed by atoms with van der Waals surface area (Å²) < 4.78 is 20.4. The molecule has 1 saturated heterocycles. The number of benzene rings is 1. The van der Waals surface area contributed by atoms with Gasteiger partial charge < -0.3 is 9.64 Å². The Morgan fingerprint density at radius 3 is 2.80 bits per heavy atom. The topological polar surface area (TPSA) is 73.1 Å². The fraction of sp³-hybridized carbons (Fsp3) is 0.364. The molecule has 8 heteroatoms. The standard InChI is InChI=1S/C22H24FN5O2/c1-3-30-21(29)16-8-11-27(12-9-16)22-24-10-7-20(25-22)19-14-28(26-15(19)2)18-6-4-5-17(23)13-18/h4-7,10,13-14,16H,3,8-9,11-12H2,1-2H3. The van der Waals surface area contributed by atoms with Crippen molar-refractivity contribution in [1.82, 2.24) is 19.7 Å². The van der Waals surface area contributed by atoms with Crippen molar-refractivity contribution < 1.29 is 13.9 Å². The molecule has 0 atom stereocenters. The van der Waals surface area contributed by atoms with Crippen LogP contribution in [0.2, 0.25) is 0 Å². The minimum absolute atomic E-state index is 0.0591. The van der Waals surface area contributed by atoms with Crippen LogP contribution in [0.1, 0.15) is 25.5 Å². The SMILES string of the molecule is CCOC(=O)C1CCN(c2nccc(-c3cn(-c4cccc(F)c4)nc3C)n2)CC1. The molecular weight excluding hydrogens is 385 g/mol. The third kappa shape index (κ3) is 4.17. The van der Waals surface area contributed by atoms with Gasteiger partial charge in [0.05, 0.1) is 29.6 Å². The summed E-state index contributed by atoms with van der Waals surface area (Å²) in [5, 5.41) is 4.51. The van der Waals surface area contributed by atoms with Crippen LogP contribution in [-0.4, -0.2) is 45.4 Å². The third-order valence-corrected chi connectivity index (χ3v) is 5.29. The molecule has 0 amide bonds. The number of anilines is 1. The van der Waals surface area contributed by atoms with Crippen molar-refractivity contribution in [2.75, 3.05) is 24.6 Å². The van der Waals surface area contributed by atoms with Crippen molar-refractivity contribution in [2.24, 2.45) is 5.92 Å². The minimum atomic E-state index is -0.308. The molecule has 0 unspecified atom stereocenters. The molecule has 4 rings (SSSR count). The number of hydrogen-bond donors (Lipinski definition) is 0. The van der Waals surface area contributed by atoms with E-state index in [1.807, 2.05) is 26.1 Å². The van der Waals surface area contributed by atoms with E-state index in [0.29, 0.717) is 31.3 Å². The molecule has 0 saturated carbocycles. The van der Waals surface area contributed by atoms with E-state index >= 15 is 0 Å². The monoisotopic (exact) mass is 409 g/mol. The van der Waals surface area contributed by atoms with Gasteiger partial charge in [0.1, 0.15) is 5.82 Å². The largest absolute Gasteiger partial charge is 0.466 e. The number of piperidine rings is 1. The third-order valence-electron chi connectivity index (χ3n) is 5.29. The predicted molar refractivity (Wildman–Crippen MR) is 111 cm³/mol. The first-order chi connectivity index (χ1) is 14.5. The molecule has 1 aliphatic heterocycles. The van der Waals surface area contributed by atoms with E-state index < -0.39 is 0 Å². The summed E-state index contributed by atoms with van der Waals surface area (Å²) in [6, 6.07) is 8.15. The molecule has 1 fully saturated rings. The second-order valence-corrected chi connectivity index (χ2v) is 7.31. The highest BCUT2D eigenvalue weighted by atomic mass is 19.1. The van der Waals surface area contributed by atoms with Gasteiger partial charge in [-0.1, -0.05) is 6.07 Å². The van der Waals surface area contributed by atoms with Gasteiger partial charge in [-0.3, -0.25) is 4.79 Å². The van der Waals surface area contributed by atoms with Crippen LogP contribution in [0.3, 0.4) is 0 Å². The van der Waals surface area contributed by atoms with E-state index in [1.54, 1.807) is 23.0 Å². The lowest BCUT2D eigenvalue weighted by Crippen LogP contribution is -2.37. The first kappa shape index (κ1) is 20.0. The quantitative estimate of drug-likeness (QED) is 0.600. The van der Waals surface area contributed by atoms with Gasteiger partial charge in [-0.05, 0) is 51.0 Å². The maximum absolute atomic E-state index is 13.6. The highest BCUT2D eigenvalue weighted by Gasteiger charge is 2.27. The zero-order valence-corrected chi connectivity index (χ0v) is 17.1. The zero-order chi connectivity index (χ0) is 21.1. The number of carbonyl (C=O) groups excluding carboxylic acids is 1. The minimum Gasteiger partial charge on any atom is -0.466 e. The summed E-state index contributed by atoms with van der Waals surface area (Å²) in [6.07, 6.45) is 5.03. The van der Waals surface area contributed by atoms with Crippen LogP contribution in [-0.2, 0) is 9.53 Å². The molecule has 0 bridgehead atoms. The Labute approximate surface area is 174 Å². The number of carbonyl (C=O) groups is 1. The second kappa shape index (κ2) is 8.61. The van der Waals surface area contributed by atoms with Crippen molar-refractivity contribution in [1.29, 1.82) is 0 Å². The molecule has 0 N–H and O–H groups in total. The van der Waals surface area contributed by atoms with Gasteiger partial charge in [0.15, 0.2) is 0 Å². The molecule has 30 heavy (non-hydrogen) atoms. The molecule has 3 heterocycles. The van der Waals surface area contributed by atoms with E-state index in [4.69, 9.17) is 9.72 Å². The number of rotatable bonds is 5. The highest BCUT2D eigenvalue weighted by molar-refractivity contribution is 5.72. The number of ether oxygens (including phenoxy) is 1. The van der Waals surface area contributed by atoms with E-state index in [2.05, 4.69) is 15.0 Å². The Bertz CT molecular complexity index is 1040. The van der Waals surface area contributed by atoms with E-state index in [0.717, 1.165) is 29.8 Å². The van der Waals surface area contributed by atoms with Crippen molar-refractivity contribution >= 4 is 11.9 Å². The lowest BCUT2D eigenvalue weighted by atomic mass is 9.97. The smallest absolute Gasteiger partial charge is 0.309 e. The molecular formula is C22H24FN5O2. The number of aryl methyl sites for hydroxylation is 1. The molecule has 2 aromatic heterocycles. The Morgan fingerprint density at radius 2 is 2.07 bits per heavy atom. The fourth-order valence-corrected chi connectivity index (χ4v) is 3.69. The van der Waals surface area contributed by atoms with Crippen LogP contribution in [0.4, 0.5) is 10.3 Å². The Hall–Kier alpha value is -3.29. The Kier molecular flexibility index (Phi) is 5.74. The van der Waals surface area contributed by atoms with Gasteiger partial charge in [-0.25, -0.2) is 19.0 Å². The number of nitrogens with zero attached hydrogens (tertiary/aromatic N) is 5. The number of halogens is 1. The Morgan fingerprint density at radius 1 is 1.27 bits per heavy atom. The summed E-state index contributed by atoms with van der Waals surface area (Å²) in [7, 11) is 0. The van der Waals surface area contributed by atoms with Crippen LogP contribution >= 0.6 is 0 Å². The molecule has 1 aromatic carbocycles. The van der Waals surface area contributed by atoms with E-state index in [1.165, 1.54) is 12.1 Å². The highest BCUT2D eigenvalue weighted by Crippen LogP contribution is 2.26. The summed E-state index contributed by atoms with van der Waals surface area (Å²) in [5.74, 6) is 0.147. The van der Waals surface area contributed by atoms with Gasteiger partial charge in [0, 0.05) is 31.0 Å². The van der Waals surface area contributed by atoms with Crippen LogP contribution < -0.4 is 4.90 Å². The van der Waals surface area contributed by atoms with Crippen molar-refractivity contribution in [2.45, 2.75) is 26.7 Å². The summed E-state index contributed by atoms with van der Waals surface area (Å²) in [6.45, 7) is 5.54. The van der Waals surface area contributed by atoms with Gasteiger partial charge >= 0.3 is 5.97 Å². The van der Waals surface area contributed by atoms with Crippen LogP contribution in [0.5, 0.6) is 0 Å². The maximum Gasteiger partial charge on any atom is 0.309 e. The van der Waals surface area contributed by atoms with Crippen LogP contribution in [0.25, 0.3) is 16.9 Å². The molecule has 1 aliphatic rings. The van der Waals surface area contributed by atoms with Crippen molar-refractivity contribution in [3.05, 3.63) is 54.2 Å². The fourth-order valence-electron chi connectivity index (χ4n) is 3.69. The average molecular weight is 409 g/mol. The van der Waals surface area contributed by atoms with Gasteiger partial charge in [0.2, 0.25) is 5.95 Å². The number of hydrogen-bond acceptors (Lipinski definition) is 6. The van der Waals surface area contributed by atoms with Crippen molar-refractivity contribution in [3.63, 3.8) is 0 Å². The summed E-state index contributed by atoms with van der Waals surface area (Å²) in [5.41, 5.74) is 3.07. The second-order valence-electron chi connectivity index (χ2n) is 7.31. The molecule has 7 nitrogen and oxygen atoms in total.